The van der Waals surface area contributed by atoms with E-state index in [0.29, 0.717) is 0 Å². The number of carboxylic acids is 3. The molecule has 3 unspecified atom stereocenters. The summed E-state index contributed by atoms with van der Waals surface area (Å²) >= 11 is 0. The Labute approximate surface area is 183 Å². The summed E-state index contributed by atoms with van der Waals surface area (Å²) in [6.07, 6.45) is 5.03. The van der Waals surface area contributed by atoms with E-state index < -0.39 is 17.9 Å². The van der Waals surface area contributed by atoms with Crippen LogP contribution >= 0.6 is 64.8 Å². The van der Waals surface area contributed by atoms with E-state index in [-0.39, 0.29) is 38.1 Å². The van der Waals surface area contributed by atoms with Gasteiger partial charge < -0.3 is 15.3 Å². The minimum atomic E-state index is -0.753. The first kappa shape index (κ1) is 25.5. The van der Waals surface area contributed by atoms with E-state index >= 15 is 0 Å². The van der Waals surface area contributed by atoms with Crippen molar-refractivity contribution in [3.63, 3.8) is 0 Å². The molecule has 0 bridgehead atoms. The normalized spacial score (nSPS) is 25.2. The molecule has 3 aliphatic heterocycles. The topological polar surface area (TPSA) is 112 Å². The zero-order chi connectivity index (χ0) is 17.9. The Bertz CT molecular complexity index is 478. The van der Waals surface area contributed by atoms with Gasteiger partial charge in [0, 0.05) is 22.4 Å². The predicted molar refractivity (Wildman–Crippen MR) is 107 cm³/mol. The van der Waals surface area contributed by atoms with Gasteiger partial charge in [0.1, 0.15) is 15.7 Å². The fourth-order valence-electron chi connectivity index (χ4n) is 1.05. The standard InChI is InChI=1S/3C4H4O2S2.Au/c3*5-4(6)3-1-2-7-8-3;/h3*1-3H,(H,5,6);. The van der Waals surface area contributed by atoms with Crippen LogP contribution in [0.4, 0.5) is 0 Å². The molecule has 3 atom stereocenters. The van der Waals surface area contributed by atoms with Gasteiger partial charge in [-0.15, -0.1) is 0 Å². The van der Waals surface area contributed by atoms with Gasteiger partial charge >= 0.3 is 17.9 Å². The summed E-state index contributed by atoms with van der Waals surface area (Å²) in [4.78, 5) is 30.3. The van der Waals surface area contributed by atoms with Gasteiger partial charge in [-0.2, -0.15) is 0 Å². The largest absolute Gasteiger partial charge is 0.480 e. The van der Waals surface area contributed by atoms with Crippen molar-refractivity contribution in [3.05, 3.63) is 34.5 Å². The first-order chi connectivity index (χ1) is 11.4. The first-order valence-corrected chi connectivity index (χ1v) is 12.9. The van der Waals surface area contributed by atoms with Crippen LogP contribution in [0, 0.1) is 0 Å². The van der Waals surface area contributed by atoms with Gasteiger partial charge in [0.2, 0.25) is 0 Å². The van der Waals surface area contributed by atoms with Crippen LogP contribution in [0.1, 0.15) is 0 Å². The molecular weight excluding hydrogens is 629 g/mol. The molecule has 25 heavy (non-hydrogen) atoms. The SMILES string of the molecule is O=C(O)C1C=CSS1.O=C(O)C1C=CSS1.O=C(O)C1C=CSS1.[Au]. The molecule has 3 N–H and O–H groups in total. The maximum absolute atomic E-state index is 10.1. The molecule has 0 saturated heterocycles. The molecule has 6 nitrogen and oxygen atoms in total. The zero-order valence-electron chi connectivity index (χ0n) is 12.0. The molecule has 3 aliphatic rings. The Morgan fingerprint density at radius 2 is 0.840 bits per heavy atom. The quantitative estimate of drug-likeness (QED) is 0.306. The van der Waals surface area contributed by atoms with E-state index in [2.05, 4.69) is 0 Å². The summed E-state index contributed by atoms with van der Waals surface area (Å²) in [6, 6.07) is 0. The molecule has 13 heteroatoms. The van der Waals surface area contributed by atoms with Crippen LogP contribution < -0.4 is 0 Å². The average Bonchev–Trinajstić information content (AvgIpc) is 3.29. The summed E-state index contributed by atoms with van der Waals surface area (Å²) < 4.78 is 0. The molecule has 0 aliphatic carbocycles. The van der Waals surface area contributed by atoms with Gasteiger partial charge in [-0.1, -0.05) is 83.0 Å². The summed E-state index contributed by atoms with van der Waals surface area (Å²) in [5, 5.41) is 29.4. The second kappa shape index (κ2) is 14.5. The zero-order valence-corrected chi connectivity index (χ0v) is 19.1. The molecule has 0 fully saturated rings. The van der Waals surface area contributed by atoms with E-state index in [1.54, 1.807) is 34.5 Å². The van der Waals surface area contributed by atoms with Crippen molar-refractivity contribution in [2.45, 2.75) is 15.7 Å². The molecule has 0 amide bonds. The molecule has 1 radical (unpaired) electrons. The maximum atomic E-state index is 10.1. The monoisotopic (exact) mass is 641 g/mol. The van der Waals surface area contributed by atoms with Crippen molar-refractivity contribution in [2.75, 3.05) is 0 Å². The fourth-order valence-corrected chi connectivity index (χ4v) is 6.79. The third-order valence-electron chi connectivity index (χ3n) is 2.13. The van der Waals surface area contributed by atoms with Gasteiger partial charge in [-0.25, -0.2) is 0 Å². The third kappa shape index (κ3) is 11.0. The van der Waals surface area contributed by atoms with Gasteiger partial charge in [-0.05, 0) is 16.2 Å². The summed E-state index contributed by atoms with van der Waals surface area (Å²) in [6.45, 7) is 0. The second-order valence-corrected chi connectivity index (χ2v) is 10.8. The van der Waals surface area contributed by atoms with Gasteiger partial charge in [0.15, 0.2) is 0 Å². The van der Waals surface area contributed by atoms with Crippen LogP contribution in [0.25, 0.3) is 0 Å². The Kier molecular flexibility index (Phi) is 14.8. The van der Waals surface area contributed by atoms with Crippen molar-refractivity contribution in [1.82, 2.24) is 0 Å². The minimum Gasteiger partial charge on any atom is -0.480 e. The van der Waals surface area contributed by atoms with Crippen LogP contribution in [0.3, 0.4) is 0 Å². The van der Waals surface area contributed by atoms with E-state index in [0.717, 1.165) is 0 Å². The number of carboxylic acid groups (broad SMARTS) is 3. The average molecular weight is 642 g/mol. The number of aliphatic carboxylic acids is 3. The number of hydrogen-bond acceptors (Lipinski definition) is 9. The molecule has 0 spiro atoms. The van der Waals surface area contributed by atoms with E-state index in [4.69, 9.17) is 15.3 Å². The fraction of sp³-hybridized carbons (Fsp3) is 0.250. The summed E-state index contributed by atoms with van der Waals surface area (Å²) in [5.74, 6) is -2.26. The van der Waals surface area contributed by atoms with Gasteiger partial charge in [-0.3, -0.25) is 14.4 Å². The predicted octanol–water partition coefficient (Wildman–Crippen LogP) is 4.04. The van der Waals surface area contributed by atoms with Crippen LogP contribution in [0.2, 0.25) is 0 Å². The van der Waals surface area contributed by atoms with E-state index in [9.17, 15) is 14.4 Å². The first-order valence-electron chi connectivity index (χ1n) is 6.06. The number of hydrogen-bond donors (Lipinski definition) is 3. The Morgan fingerprint density at radius 1 is 0.600 bits per heavy atom. The van der Waals surface area contributed by atoms with Crippen LogP contribution in [0.5, 0.6) is 0 Å². The smallest absolute Gasteiger partial charge is 0.321 e. The Hall–Kier alpha value is 0.470. The van der Waals surface area contributed by atoms with Crippen LogP contribution in [-0.2, 0) is 36.8 Å². The Balaban J connectivity index is 0.000000339. The molecule has 0 aromatic carbocycles. The van der Waals surface area contributed by atoms with Crippen LogP contribution in [0.15, 0.2) is 34.5 Å². The summed E-state index contributed by atoms with van der Waals surface area (Å²) in [5.41, 5.74) is 0. The van der Waals surface area contributed by atoms with E-state index in [1.165, 1.54) is 64.8 Å². The van der Waals surface area contributed by atoms with E-state index in [1.807, 2.05) is 0 Å². The van der Waals surface area contributed by atoms with Crippen molar-refractivity contribution in [1.29, 1.82) is 0 Å². The molecule has 0 aromatic rings. The summed E-state index contributed by atoms with van der Waals surface area (Å²) in [7, 11) is 8.47. The molecule has 3 heterocycles. The molecular formula is C12H12AuO6S6. The van der Waals surface area contributed by atoms with Crippen molar-refractivity contribution in [2.24, 2.45) is 0 Å². The second-order valence-electron chi connectivity index (χ2n) is 3.84. The van der Waals surface area contributed by atoms with Crippen molar-refractivity contribution >= 4 is 82.7 Å². The number of rotatable bonds is 3. The molecule has 143 valence electrons. The maximum Gasteiger partial charge on any atom is 0.321 e. The Morgan fingerprint density at radius 3 is 0.920 bits per heavy atom. The van der Waals surface area contributed by atoms with Gasteiger partial charge in [0.05, 0.1) is 0 Å². The number of carbonyl (C=O) groups is 3. The molecule has 0 aromatic heterocycles. The molecule has 0 saturated carbocycles. The third-order valence-corrected chi connectivity index (χ3v) is 8.84. The van der Waals surface area contributed by atoms with Gasteiger partial charge in [0.25, 0.3) is 0 Å². The minimum absolute atomic E-state index is 0. The van der Waals surface area contributed by atoms with Crippen molar-refractivity contribution < 1.29 is 52.1 Å². The van der Waals surface area contributed by atoms with Crippen LogP contribution in [-0.4, -0.2) is 49.0 Å². The van der Waals surface area contributed by atoms with Crippen molar-refractivity contribution in [3.8, 4) is 0 Å². The molecule has 3 rings (SSSR count).